The van der Waals surface area contributed by atoms with Crippen LogP contribution in [-0.4, -0.2) is 30.8 Å². The molecule has 10 heteroatoms. The molecule has 6 nitrogen and oxygen atoms in total. The van der Waals surface area contributed by atoms with Crippen LogP contribution in [0.3, 0.4) is 0 Å². The quantitative estimate of drug-likeness (QED) is 0.502. The minimum atomic E-state index is -4.56. The highest BCUT2D eigenvalue weighted by Crippen LogP contribution is 2.42. The number of aromatic nitrogens is 2. The SMILES string of the molecule is Cc1ccc(C(F)(F)CNC(=O)c2nc(C)ncc2S(=O)(=O)c2cccc(C3CC3)c2F)c(C)c1. The van der Waals surface area contributed by atoms with Crippen molar-refractivity contribution in [3.63, 3.8) is 0 Å². The summed E-state index contributed by atoms with van der Waals surface area (Å²) in [7, 11) is -4.56. The van der Waals surface area contributed by atoms with Gasteiger partial charge in [0, 0.05) is 5.56 Å². The number of rotatable bonds is 7. The normalized spacial score (nSPS) is 14.1. The van der Waals surface area contributed by atoms with Crippen LogP contribution in [0.5, 0.6) is 0 Å². The highest BCUT2D eigenvalue weighted by Gasteiger charge is 2.36. The minimum Gasteiger partial charge on any atom is -0.344 e. The van der Waals surface area contributed by atoms with Gasteiger partial charge in [-0.15, -0.1) is 0 Å². The molecule has 0 unspecified atom stereocenters. The van der Waals surface area contributed by atoms with Crippen LogP contribution in [0, 0.1) is 26.6 Å². The van der Waals surface area contributed by atoms with Crippen molar-refractivity contribution in [1.82, 2.24) is 15.3 Å². The van der Waals surface area contributed by atoms with Gasteiger partial charge in [-0.1, -0.05) is 35.9 Å². The molecule has 1 heterocycles. The first-order valence-electron chi connectivity index (χ1n) is 11.0. The molecule has 0 aliphatic heterocycles. The molecule has 0 bridgehead atoms. The molecule has 35 heavy (non-hydrogen) atoms. The van der Waals surface area contributed by atoms with Gasteiger partial charge in [0.1, 0.15) is 21.4 Å². The molecular formula is C25H24F3N3O3S. The lowest BCUT2D eigenvalue weighted by Gasteiger charge is -2.20. The maximum Gasteiger partial charge on any atom is 0.290 e. The molecule has 0 spiro atoms. The Kier molecular flexibility index (Phi) is 6.44. The number of hydrogen-bond acceptors (Lipinski definition) is 5. The van der Waals surface area contributed by atoms with Crippen LogP contribution in [0.2, 0.25) is 0 Å². The third-order valence-electron chi connectivity index (χ3n) is 5.93. The summed E-state index contributed by atoms with van der Waals surface area (Å²) >= 11 is 0. The van der Waals surface area contributed by atoms with Gasteiger partial charge in [-0.2, -0.15) is 8.78 Å². The van der Waals surface area contributed by atoms with Gasteiger partial charge in [0.15, 0.2) is 5.69 Å². The van der Waals surface area contributed by atoms with Gasteiger partial charge in [-0.05, 0) is 56.7 Å². The summed E-state index contributed by atoms with van der Waals surface area (Å²) in [6.07, 6.45) is 2.42. The van der Waals surface area contributed by atoms with E-state index in [4.69, 9.17) is 0 Å². The summed E-state index contributed by atoms with van der Waals surface area (Å²) in [6, 6.07) is 8.50. The third kappa shape index (κ3) is 4.93. The molecule has 1 amide bonds. The average molecular weight is 504 g/mol. The Morgan fingerprint density at radius 1 is 1.11 bits per heavy atom. The summed E-state index contributed by atoms with van der Waals surface area (Å²) in [4.78, 5) is 19.4. The Labute approximate surface area is 201 Å². The maximum absolute atomic E-state index is 15.1. The number of nitrogens with zero attached hydrogens (tertiary/aromatic N) is 2. The number of halogens is 3. The van der Waals surface area contributed by atoms with Crippen LogP contribution in [0.1, 0.15) is 57.3 Å². The molecule has 184 valence electrons. The summed E-state index contributed by atoms with van der Waals surface area (Å²) in [5.41, 5.74) is 0.587. The summed E-state index contributed by atoms with van der Waals surface area (Å²) in [6.45, 7) is 3.66. The van der Waals surface area contributed by atoms with Crippen molar-refractivity contribution in [3.8, 4) is 0 Å². The van der Waals surface area contributed by atoms with Crippen LogP contribution in [0.4, 0.5) is 13.2 Å². The molecule has 1 aliphatic rings. The number of amides is 1. The molecule has 3 aromatic rings. The molecule has 4 rings (SSSR count). The minimum absolute atomic E-state index is 0.0466. The molecule has 1 aromatic heterocycles. The van der Waals surface area contributed by atoms with Crippen molar-refractivity contribution in [2.24, 2.45) is 0 Å². The first-order chi connectivity index (χ1) is 16.4. The van der Waals surface area contributed by atoms with Gasteiger partial charge < -0.3 is 5.32 Å². The molecule has 0 saturated heterocycles. The fourth-order valence-electron chi connectivity index (χ4n) is 3.98. The fourth-order valence-corrected chi connectivity index (χ4v) is 5.41. The lowest BCUT2D eigenvalue weighted by Crippen LogP contribution is -2.36. The fraction of sp³-hybridized carbons (Fsp3) is 0.320. The zero-order chi connectivity index (χ0) is 25.5. The van der Waals surface area contributed by atoms with Gasteiger partial charge in [-0.3, -0.25) is 4.79 Å². The van der Waals surface area contributed by atoms with Gasteiger partial charge in [0.05, 0.1) is 12.7 Å². The van der Waals surface area contributed by atoms with Crippen molar-refractivity contribution in [1.29, 1.82) is 0 Å². The number of benzene rings is 2. The summed E-state index contributed by atoms with van der Waals surface area (Å²) in [5.74, 6) is -5.42. The maximum atomic E-state index is 15.1. The van der Waals surface area contributed by atoms with Crippen LogP contribution in [-0.2, 0) is 15.8 Å². The monoisotopic (exact) mass is 503 g/mol. The van der Waals surface area contributed by atoms with Gasteiger partial charge in [-0.25, -0.2) is 22.8 Å². The Bertz CT molecular complexity index is 1420. The van der Waals surface area contributed by atoms with E-state index in [1.165, 1.54) is 25.1 Å². The molecular weight excluding hydrogens is 479 g/mol. The van der Waals surface area contributed by atoms with Crippen molar-refractivity contribution in [2.75, 3.05) is 6.54 Å². The predicted molar refractivity (Wildman–Crippen MR) is 123 cm³/mol. The van der Waals surface area contributed by atoms with Crippen molar-refractivity contribution in [2.45, 2.75) is 55.2 Å². The van der Waals surface area contributed by atoms with E-state index in [9.17, 15) is 22.0 Å². The second-order valence-corrected chi connectivity index (χ2v) is 10.7. The van der Waals surface area contributed by atoms with Gasteiger partial charge in [0.2, 0.25) is 9.84 Å². The first-order valence-corrected chi connectivity index (χ1v) is 12.5. The van der Waals surface area contributed by atoms with Crippen molar-refractivity contribution in [3.05, 3.63) is 82.2 Å². The van der Waals surface area contributed by atoms with Crippen molar-refractivity contribution >= 4 is 15.7 Å². The highest BCUT2D eigenvalue weighted by atomic mass is 32.2. The Balaban J connectivity index is 1.66. The Hall–Kier alpha value is -3.27. The largest absolute Gasteiger partial charge is 0.344 e. The topological polar surface area (TPSA) is 89.0 Å². The van der Waals surface area contributed by atoms with E-state index < -0.39 is 49.5 Å². The average Bonchev–Trinajstić information content (AvgIpc) is 3.62. The van der Waals surface area contributed by atoms with E-state index in [0.29, 0.717) is 11.1 Å². The number of carbonyl (C=O) groups excluding carboxylic acids is 1. The van der Waals surface area contributed by atoms with Gasteiger partial charge >= 0.3 is 0 Å². The van der Waals surface area contributed by atoms with E-state index in [-0.39, 0.29) is 17.3 Å². The second kappa shape index (κ2) is 9.07. The molecule has 0 radical (unpaired) electrons. The Morgan fingerprint density at radius 3 is 2.49 bits per heavy atom. The number of hydrogen-bond donors (Lipinski definition) is 1. The summed E-state index contributed by atoms with van der Waals surface area (Å²) < 4.78 is 71.5. The molecule has 1 fully saturated rings. The standard InChI is InChI=1S/C25H24F3N3O3S/c1-14-7-10-19(15(2)11-14)25(27,28)13-30-24(32)23-21(12-29-16(3)31-23)35(33,34)20-6-4-5-18(22(20)26)17-8-9-17/h4-7,10-12,17H,8-9,13H2,1-3H3,(H,30,32). The second-order valence-electron chi connectivity index (χ2n) is 8.77. The highest BCUT2D eigenvalue weighted by molar-refractivity contribution is 7.91. The van der Waals surface area contributed by atoms with E-state index in [0.717, 1.165) is 30.7 Å². The number of nitrogens with one attached hydrogen (secondary N) is 1. The molecule has 1 N–H and O–H groups in total. The van der Waals surface area contributed by atoms with Gasteiger partial charge in [0.25, 0.3) is 11.8 Å². The zero-order valence-corrected chi connectivity index (χ0v) is 20.2. The Morgan fingerprint density at radius 2 is 1.83 bits per heavy atom. The number of aryl methyl sites for hydroxylation is 3. The smallest absolute Gasteiger partial charge is 0.290 e. The van der Waals surface area contributed by atoms with E-state index in [1.807, 2.05) is 0 Å². The first kappa shape index (κ1) is 24.8. The predicted octanol–water partition coefficient (Wildman–Crippen LogP) is 4.77. The molecule has 1 saturated carbocycles. The number of sulfone groups is 1. The zero-order valence-electron chi connectivity index (χ0n) is 19.4. The molecule has 0 atom stereocenters. The van der Waals surface area contributed by atoms with Crippen molar-refractivity contribution < 1.29 is 26.4 Å². The number of carbonyl (C=O) groups is 1. The summed E-state index contributed by atoms with van der Waals surface area (Å²) in [5, 5.41) is 2.09. The molecule has 2 aromatic carbocycles. The van der Waals surface area contributed by atoms with Crippen LogP contribution in [0.25, 0.3) is 0 Å². The van der Waals surface area contributed by atoms with E-state index >= 15 is 4.39 Å². The van der Waals surface area contributed by atoms with E-state index in [1.54, 1.807) is 26.0 Å². The van der Waals surface area contributed by atoms with Crippen LogP contribution >= 0.6 is 0 Å². The number of alkyl halides is 2. The van der Waals surface area contributed by atoms with Crippen LogP contribution in [0.15, 0.2) is 52.4 Å². The molecule has 1 aliphatic carbocycles. The lowest BCUT2D eigenvalue weighted by atomic mass is 10.0. The van der Waals surface area contributed by atoms with E-state index in [2.05, 4.69) is 15.3 Å². The third-order valence-corrected chi connectivity index (χ3v) is 7.70. The lowest BCUT2D eigenvalue weighted by molar-refractivity contribution is -0.00315. The van der Waals surface area contributed by atoms with Crippen LogP contribution < -0.4 is 5.32 Å².